The molecule has 0 saturated heterocycles. The third kappa shape index (κ3) is 4.55. The van der Waals surface area contributed by atoms with Gasteiger partial charge in [0.1, 0.15) is 0 Å². The Morgan fingerprint density at radius 3 is 1.96 bits per heavy atom. The van der Waals surface area contributed by atoms with E-state index in [9.17, 15) is 0 Å². The number of thioether (sulfide) groups is 1. The largest absolute Gasteiger partial charge is 0.308 e. The van der Waals surface area contributed by atoms with Gasteiger partial charge in [-0.3, -0.25) is 0 Å². The molecule has 2 unspecified atom stereocenters. The van der Waals surface area contributed by atoms with E-state index in [1.807, 2.05) is 23.1 Å². The Morgan fingerprint density at radius 1 is 0.451 bits per heavy atom. The molecule has 0 saturated carbocycles. The Bertz CT molecular complexity index is 2900. The third-order valence-electron chi connectivity index (χ3n) is 10.7. The predicted molar refractivity (Wildman–Crippen MR) is 221 cm³/mol. The lowest BCUT2D eigenvalue weighted by Crippen LogP contribution is -2.06. The number of benzene rings is 7. The van der Waals surface area contributed by atoms with Crippen LogP contribution in [0.2, 0.25) is 0 Å². The van der Waals surface area contributed by atoms with Crippen molar-refractivity contribution in [3.8, 4) is 39.1 Å². The lowest BCUT2D eigenvalue weighted by molar-refractivity contribution is 0.881. The van der Waals surface area contributed by atoms with Crippen LogP contribution in [0, 0.1) is 0 Å². The van der Waals surface area contributed by atoms with Gasteiger partial charge in [-0.1, -0.05) is 133 Å². The summed E-state index contributed by atoms with van der Waals surface area (Å²) >= 11 is 3.86. The predicted octanol–water partition coefficient (Wildman–Crippen LogP) is 13.8. The number of para-hydroxylation sites is 2. The summed E-state index contributed by atoms with van der Waals surface area (Å²) in [7, 11) is 0. The van der Waals surface area contributed by atoms with Crippen molar-refractivity contribution in [2.75, 3.05) is 0 Å². The van der Waals surface area contributed by atoms with Gasteiger partial charge in [-0.05, 0) is 70.3 Å². The van der Waals surface area contributed by atoms with Crippen molar-refractivity contribution in [3.63, 3.8) is 0 Å². The van der Waals surface area contributed by atoms with E-state index < -0.39 is 0 Å². The molecule has 2 aromatic heterocycles. The average molecular weight is 686 g/mol. The number of fused-ring (bicyclic) bond motifs is 9. The first kappa shape index (κ1) is 29.2. The van der Waals surface area contributed by atoms with Crippen LogP contribution in [0.1, 0.15) is 11.5 Å². The van der Waals surface area contributed by atoms with Crippen LogP contribution in [-0.4, -0.2) is 9.82 Å². The second kappa shape index (κ2) is 11.5. The molecule has 3 heterocycles. The van der Waals surface area contributed by atoms with Crippen molar-refractivity contribution in [2.45, 2.75) is 16.1 Å². The fourth-order valence-corrected chi connectivity index (χ4v) is 10.8. The van der Waals surface area contributed by atoms with Gasteiger partial charge in [0.05, 0.1) is 11.0 Å². The molecule has 2 atom stereocenters. The summed E-state index contributed by atoms with van der Waals surface area (Å²) in [5.74, 6) is 0.414. The molecule has 7 aromatic carbocycles. The first-order chi connectivity index (χ1) is 25.3. The monoisotopic (exact) mass is 685 g/mol. The summed E-state index contributed by atoms with van der Waals surface area (Å²) < 4.78 is 5.20. The van der Waals surface area contributed by atoms with Crippen LogP contribution in [0.5, 0.6) is 0 Å². The van der Waals surface area contributed by atoms with Gasteiger partial charge in [0.25, 0.3) is 0 Å². The zero-order chi connectivity index (χ0) is 33.5. The van der Waals surface area contributed by atoms with E-state index in [1.54, 1.807) is 0 Å². The highest BCUT2D eigenvalue weighted by atomic mass is 32.2. The molecular weight excluding hydrogens is 655 g/mol. The molecule has 1 aliphatic carbocycles. The van der Waals surface area contributed by atoms with E-state index in [-0.39, 0.29) is 0 Å². The number of rotatable bonds is 4. The number of aromatic nitrogens is 1. The van der Waals surface area contributed by atoms with Crippen LogP contribution < -0.4 is 0 Å². The molecule has 0 bridgehead atoms. The van der Waals surface area contributed by atoms with E-state index in [2.05, 4.69) is 181 Å². The minimum Gasteiger partial charge on any atom is -0.308 e. The van der Waals surface area contributed by atoms with Gasteiger partial charge in [-0.2, -0.15) is 0 Å². The Balaban J connectivity index is 1.21. The highest BCUT2D eigenvalue weighted by Gasteiger charge is 2.31. The average Bonchev–Trinajstić information content (AvgIpc) is 3.87. The van der Waals surface area contributed by atoms with Gasteiger partial charge < -0.3 is 4.57 Å². The van der Waals surface area contributed by atoms with Crippen LogP contribution in [0.15, 0.2) is 181 Å². The summed E-state index contributed by atoms with van der Waals surface area (Å²) in [6, 6.07) is 56.5. The summed E-state index contributed by atoms with van der Waals surface area (Å²) in [5.41, 5.74) is 12.5. The molecule has 3 heteroatoms. The molecule has 0 radical (unpaired) electrons. The van der Waals surface area contributed by atoms with Gasteiger partial charge in [-0.15, -0.1) is 23.1 Å². The van der Waals surface area contributed by atoms with Crippen molar-refractivity contribution >= 4 is 65.1 Å². The molecule has 0 N–H and O–H groups in total. The van der Waals surface area contributed by atoms with Gasteiger partial charge in [-0.25, -0.2) is 0 Å². The molecule has 1 aliphatic heterocycles. The van der Waals surface area contributed by atoms with Crippen molar-refractivity contribution < 1.29 is 0 Å². The number of thiophene rings is 1. The van der Waals surface area contributed by atoms with Gasteiger partial charge in [0, 0.05) is 63.8 Å². The summed E-state index contributed by atoms with van der Waals surface area (Å²) in [5, 5.41) is 5.65. The molecule has 51 heavy (non-hydrogen) atoms. The maximum Gasteiger partial charge on any atom is 0.0619 e. The molecule has 0 amide bonds. The fraction of sp³-hybridized carbons (Fsp3) is 0.0417. The molecule has 11 rings (SSSR count). The Morgan fingerprint density at radius 2 is 1.12 bits per heavy atom. The first-order valence-corrected chi connectivity index (χ1v) is 19.3. The lowest BCUT2D eigenvalue weighted by atomic mass is 9.90. The zero-order valence-electron chi connectivity index (χ0n) is 27.7. The number of hydrogen-bond acceptors (Lipinski definition) is 2. The maximum absolute atomic E-state index is 2.55. The van der Waals surface area contributed by atoms with Crippen molar-refractivity contribution in [1.29, 1.82) is 0 Å². The zero-order valence-corrected chi connectivity index (χ0v) is 29.3. The Hall–Kier alpha value is -5.61. The SMILES string of the molecule is C1=CC2Sc3ccc(-c4cccc5c6cccc(-c7ccc8sc9ccccc9c8c7)c6n(-c6cccc(-c7ccccc7)c6)c45)cc3C2C=C1. The van der Waals surface area contributed by atoms with Crippen LogP contribution in [0.25, 0.3) is 81.0 Å². The van der Waals surface area contributed by atoms with Crippen molar-refractivity contribution in [2.24, 2.45) is 0 Å². The molecule has 0 fully saturated rings. The standard InChI is InChI=1S/C48H31NS2/c1-2-11-30(12-3-1)31-13-8-14-34(27-31)49-47-35(32-23-25-45-41(28-32)37-15-4-6-21-43(37)50-45)17-9-19-39(47)40-20-10-18-36(48(40)49)33-24-26-46-42(29-33)38-16-5-7-22-44(38)51-46/h1-29,37,43H. The number of nitrogens with zero attached hydrogens (tertiary/aromatic N) is 1. The highest BCUT2D eigenvalue weighted by Crippen LogP contribution is 2.50. The molecule has 1 nitrogen and oxygen atoms in total. The normalized spacial score (nSPS) is 16.4. The summed E-state index contributed by atoms with van der Waals surface area (Å²) in [4.78, 5) is 1.40. The number of hydrogen-bond donors (Lipinski definition) is 0. The van der Waals surface area contributed by atoms with E-state index in [0.717, 1.165) is 5.69 Å². The van der Waals surface area contributed by atoms with Crippen molar-refractivity contribution in [3.05, 3.63) is 182 Å². The van der Waals surface area contributed by atoms with Gasteiger partial charge >= 0.3 is 0 Å². The van der Waals surface area contributed by atoms with Crippen LogP contribution in [0.4, 0.5) is 0 Å². The summed E-state index contributed by atoms with van der Waals surface area (Å²) in [6.07, 6.45) is 9.13. The lowest BCUT2D eigenvalue weighted by Gasteiger charge is -2.17. The van der Waals surface area contributed by atoms with Crippen molar-refractivity contribution in [1.82, 2.24) is 4.57 Å². The third-order valence-corrected chi connectivity index (χ3v) is 13.2. The van der Waals surface area contributed by atoms with E-state index in [1.165, 1.54) is 85.8 Å². The quantitative estimate of drug-likeness (QED) is 0.178. The molecular formula is C48H31NS2. The molecule has 240 valence electrons. The molecule has 2 aliphatic rings. The Labute approximate surface area is 304 Å². The highest BCUT2D eigenvalue weighted by molar-refractivity contribution is 8.00. The smallest absolute Gasteiger partial charge is 0.0619 e. The van der Waals surface area contributed by atoms with Gasteiger partial charge in [0.15, 0.2) is 0 Å². The second-order valence-corrected chi connectivity index (χ2v) is 15.9. The maximum atomic E-state index is 2.55. The second-order valence-electron chi connectivity index (χ2n) is 13.6. The molecule has 0 spiro atoms. The van der Waals surface area contributed by atoms with E-state index in [4.69, 9.17) is 0 Å². The van der Waals surface area contributed by atoms with E-state index >= 15 is 0 Å². The van der Waals surface area contributed by atoms with Crippen LogP contribution >= 0.6 is 23.1 Å². The Kier molecular flexibility index (Phi) is 6.55. The minimum absolute atomic E-state index is 0.414. The number of allylic oxidation sites excluding steroid dienone is 3. The summed E-state index contributed by atoms with van der Waals surface area (Å²) in [6.45, 7) is 0. The van der Waals surface area contributed by atoms with Gasteiger partial charge in [0.2, 0.25) is 0 Å². The topological polar surface area (TPSA) is 4.93 Å². The fourth-order valence-electron chi connectivity index (χ4n) is 8.40. The van der Waals surface area contributed by atoms with E-state index in [0.29, 0.717) is 11.2 Å². The first-order valence-electron chi connectivity index (χ1n) is 17.6. The van der Waals surface area contributed by atoms with Crippen LogP contribution in [0.3, 0.4) is 0 Å². The van der Waals surface area contributed by atoms with Crippen LogP contribution in [-0.2, 0) is 0 Å². The molecule has 9 aromatic rings. The minimum atomic E-state index is 0.414.